The third-order valence-corrected chi connectivity index (χ3v) is 8.56. The number of halogens is 1. The number of carbonyl (C=O) groups excluding carboxylic acids is 1. The van der Waals surface area contributed by atoms with E-state index in [4.69, 9.17) is 0 Å². The molecule has 1 aromatic carbocycles. The predicted molar refractivity (Wildman–Crippen MR) is 126 cm³/mol. The number of aromatic nitrogens is 2. The van der Waals surface area contributed by atoms with E-state index in [0.29, 0.717) is 26.2 Å². The summed E-state index contributed by atoms with van der Waals surface area (Å²) < 4.78 is 28.1. The molecule has 2 fully saturated rings. The van der Waals surface area contributed by atoms with Crippen molar-refractivity contribution in [2.75, 3.05) is 44.2 Å². The fourth-order valence-corrected chi connectivity index (χ4v) is 6.06. The van der Waals surface area contributed by atoms with E-state index >= 15 is 0 Å². The van der Waals surface area contributed by atoms with Crippen LogP contribution in [0.2, 0.25) is 0 Å². The summed E-state index contributed by atoms with van der Waals surface area (Å²) in [5.74, 6) is 1.80. The van der Waals surface area contributed by atoms with Crippen LogP contribution < -0.4 is 4.90 Å². The highest BCUT2D eigenvalue weighted by molar-refractivity contribution is 9.10. The molecule has 0 aliphatic carbocycles. The Morgan fingerprint density at radius 3 is 2.19 bits per heavy atom. The number of nitrogens with zero attached hydrogens (tertiary/aromatic N) is 5. The van der Waals surface area contributed by atoms with Gasteiger partial charge < -0.3 is 9.80 Å². The first-order valence-electron chi connectivity index (χ1n) is 10.9. The Hall–Kier alpha value is -2.04. The molecule has 1 aromatic heterocycles. The van der Waals surface area contributed by atoms with Crippen molar-refractivity contribution in [3.63, 3.8) is 0 Å². The normalized spacial score (nSPS) is 18.7. The van der Waals surface area contributed by atoms with Gasteiger partial charge in [0.2, 0.25) is 15.9 Å². The minimum Gasteiger partial charge on any atom is -0.356 e. The zero-order valence-electron chi connectivity index (χ0n) is 18.4. The molecule has 0 bridgehead atoms. The zero-order chi connectivity index (χ0) is 22.9. The largest absolute Gasteiger partial charge is 0.356 e. The lowest BCUT2D eigenvalue weighted by atomic mass is 9.95. The van der Waals surface area contributed by atoms with Crippen molar-refractivity contribution in [1.82, 2.24) is 19.2 Å². The molecule has 172 valence electrons. The van der Waals surface area contributed by atoms with Crippen LogP contribution >= 0.6 is 15.9 Å². The maximum atomic E-state index is 13.1. The van der Waals surface area contributed by atoms with E-state index in [9.17, 15) is 13.2 Å². The van der Waals surface area contributed by atoms with E-state index in [1.165, 1.54) is 4.31 Å². The molecule has 2 aliphatic heterocycles. The van der Waals surface area contributed by atoms with E-state index in [2.05, 4.69) is 30.8 Å². The zero-order valence-corrected chi connectivity index (χ0v) is 20.8. The van der Waals surface area contributed by atoms with Crippen LogP contribution in [0.5, 0.6) is 0 Å². The molecule has 0 unspecified atom stereocenters. The third kappa shape index (κ3) is 4.97. The number of carbonyl (C=O) groups is 1. The molecular formula is C22H28BrN5O3S. The summed E-state index contributed by atoms with van der Waals surface area (Å²) in [5.41, 5.74) is 0.946. The van der Waals surface area contributed by atoms with Gasteiger partial charge in [0.05, 0.1) is 4.90 Å². The molecule has 2 saturated heterocycles. The van der Waals surface area contributed by atoms with Crippen LogP contribution in [-0.2, 0) is 14.8 Å². The molecule has 0 radical (unpaired) electrons. The molecule has 4 rings (SSSR count). The Morgan fingerprint density at radius 2 is 1.59 bits per heavy atom. The van der Waals surface area contributed by atoms with Crippen LogP contribution in [0.3, 0.4) is 0 Å². The number of piperazine rings is 1. The maximum Gasteiger partial charge on any atom is 0.243 e. The molecule has 0 N–H and O–H groups in total. The molecule has 0 spiro atoms. The van der Waals surface area contributed by atoms with Crippen molar-refractivity contribution < 1.29 is 13.2 Å². The minimum absolute atomic E-state index is 0.0232. The molecule has 3 heterocycles. The molecule has 2 aliphatic rings. The van der Waals surface area contributed by atoms with Gasteiger partial charge in [0.15, 0.2) is 0 Å². The van der Waals surface area contributed by atoms with Crippen molar-refractivity contribution in [2.24, 2.45) is 5.92 Å². The highest BCUT2D eigenvalue weighted by Gasteiger charge is 2.34. The number of anilines is 1. The summed E-state index contributed by atoms with van der Waals surface area (Å²) in [6.07, 6.45) is 1.55. The van der Waals surface area contributed by atoms with Gasteiger partial charge >= 0.3 is 0 Å². The maximum absolute atomic E-state index is 13.1. The molecular weight excluding hydrogens is 494 g/mol. The van der Waals surface area contributed by atoms with Gasteiger partial charge in [-0.3, -0.25) is 4.79 Å². The number of rotatable bonds is 4. The monoisotopic (exact) mass is 521 g/mol. The fourth-order valence-electron chi connectivity index (χ4n) is 4.38. The van der Waals surface area contributed by atoms with Gasteiger partial charge in [-0.25, -0.2) is 18.4 Å². The molecule has 32 heavy (non-hydrogen) atoms. The van der Waals surface area contributed by atoms with Crippen molar-refractivity contribution in [2.45, 2.75) is 31.6 Å². The number of piperidine rings is 1. The SMILES string of the molecule is Cc1cc(N2CCC(C(=O)N3CCN(S(=O)(=O)c4ccc(Br)cc4)CC3)CC2)nc(C)n1. The predicted octanol–water partition coefficient (Wildman–Crippen LogP) is 2.61. The molecule has 0 saturated carbocycles. The van der Waals surface area contributed by atoms with E-state index in [1.807, 2.05) is 24.8 Å². The Morgan fingerprint density at radius 1 is 0.969 bits per heavy atom. The van der Waals surface area contributed by atoms with E-state index < -0.39 is 10.0 Å². The molecule has 2 aromatic rings. The van der Waals surface area contributed by atoms with E-state index in [1.54, 1.807) is 24.3 Å². The van der Waals surface area contributed by atoms with Crippen LogP contribution in [0.15, 0.2) is 39.7 Å². The molecule has 10 heteroatoms. The van der Waals surface area contributed by atoms with Gasteiger partial charge in [0.25, 0.3) is 0 Å². The average Bonchev–Trinajstić information content (AvgIpc) is 2.78. The number of hydrogen-bond acceptors (Lipinski definition) is 6. The van der Waals surface area contributed by atoms with Gasteiger partial charge in [-0.05, 0) is 51.0 Å². The second-order valence-electron chi connectivity index (χ2n) is 8.36. The van der Waals surface area contributed by atoms with Crippen molar-refractivity contribution >= 4 is 37.7 Å². The van der Waals surface area contributed by atoms with E-state index in [0.717, 1.165) is 47.7 Å². The quantitative estimate of drug-likeness (QED) is 0.614. The topological polar surface area (TPSA) is 86.7 Å². The lowest BCUT2D eigenvalue weighted by Gasteiger charge is -2.38. The average molecular weight is 522 g/mol. The lowest BCUT2D eigenvalue weighted by Crippen LogP contribution is -2.52. The Kier molecular flexibility index (Phi) is 6.83. The first-order valence-corrected chi connectivity index (χ1v) is 13.1. The van der Waals surface area contributed by atoms with Gasteiger partial charge in [-0.1, -0.05) is 15.9 Å². The van der Waals surface area contributed by atoms with Gasteiger partial charge in [-0.2, -0.15) is 4.31 Å². The van der Waals surface area contributed by atoms with E-state index in [-0.39, 0.29) is 16.7 Å². The smallest absolute Gasteiger partial charge is 0.243 e. The highest BCUT2D eigenvalue weighted by atomic mass is 79.9. The second-order valence-corrected chi connectivity index (χ2v) is 11.2. The molecule has 1 amide bonds. The lowest BCUT2D eigenvalue weighted by molar-refractivity contribution is -0.137. The summed E-state index contributed by atoms with van der Waals surface area (Å²) in [4.78, 5) is 26.3. The summed E-state index contributed by atoms with van der Waals surface area (Å²) in [6, 6.07) is 8.64. The second kappa shape index (κ2) is 9.44. The van der Waals surface area contributed by atoms with Gasteiger partial charge in [-0.15, -0.1) is 0 Å². The van der Waals surface area contributed by atoms with Crippen LogP contribution in [0.25, 0.3) is 0 Å². The fraction of sp³-hybridized carbons (Fsp3) is 0.500. The molecule has 8 nitrogen and oxygen atoms in total. The number of sulfonamides is 1. The summed E-state index contributed by atoms with van der Waals surface area (Å²) >= 11 is 3.33. The van der Waals surface area contributed by atoms with Gasteiger partial charge in [0.1, 0.15) is 11.6 Å². The van der Waals surface area contributed by atoms with Crippen molar-refractivity contribution in [3.05, 3.63) is 46.3 Å². The van der Waals surface area contributed by atoms with Crippen LogP contribution in [-0.4, -0.2) is 72.8 Å². The Labute approximate surface area is 197 Å². The minimum atomic E-state index is -3.54. The summed E-state index contributed by atoms with van der Waals surface area (Å²) in [5, 5.41) is 0. The highest BCUT2D eigenvalue weighted by Crippen LogP contribution is 2.25. The number of aryl methyl sites for hydroxylation is 2. The Balaban J connectivity index is 1.32. The van der Waals surface area contributed by atoms with Crippen molar-refractivity contribution in [1.29, 1.82) is 0 Å². The summed E-state index contributed by atoms with van der Waals surface area (Å²) in [7, 11) is -3.54. The first kappa shape index (κ1) is 23.1. The first-order chi connectivity index (χ1) is 15.2. The van der Waals surface area contributed by atoms with Crippen LogP contribution in [0.4, 0.5) is 5.82 Å². The number of hydrogen-bond donors (Lipinski definition) is 0. The number of benzene rings is 1. The molecule has 0 atom stereocenters. The Bertz CT molecular complexity index is 1060. The number of amides is 1. The summed E-state index contributed by atoms with van der Waals surface area (Å²) in [6.45, 7) is 6.92. The van der Waals surface area contributed by atoms with Crippen LogP contribution in [0, 0.1) is 19.8 Å². The standard InChI is InChI=1S/C22H28BrN5O3S/c1-16-15-21(25-17(2)24-16)26-9-7-18(8-10-26)22(29)27-11-13-28(14-12-27)32(30,31)20-5-3-19(23)4-6-20/h3-6,15,18H,7-14H2,1-2H3. The third-order valence-electron chi connectivity index (χ3n) is 6.12. The van der Waals surface area contributed by atoms with Crippen molar-refractivity contribution in [3.8, 4) is 0 Å². The van der Waals surface area contributed by atoms with Crippen LogP contribution in [0.1, 0.15) is 24.4 Å². The van der Waals surface area contributed by atoms with Gasteiger partial charge in [0, 0.05) is 61.4 Å².